The molecule has 1 aliphatic heterocycles. The van der Waals surface area contributed by atoms with Crippen molar-refractivity contribution < 1.29 is 9.53 Å². The van der Waals surface area contributed by atoms with Gasteiger partial charge in [-0.05, 0) is 46.2 Å². The van der Waals surface area contributed by atoms with Gasteiger partial charge in [0.25, 0.3) is 5.91 Å². The molecule has 21 heavy (non-hydrogen) atoms. The second-order valence-corrected chi connectivity index (χ2v) is 6.65. The molecule has 112 valence electrons. The van der Waals surface area contributed by atoms with Crippen molar-refractivity contribution in [2.45, 2.75) is 51.4 Å². The Labute approximate surface area is 123 Å². The van der Waals surface area contributed by atoms with Gasteiger partial charge in [-0.2, -0.15) is 14.8 Å². The largest absolute Gasteiger partial charge is 0.367 e. The SMILES string of the molecule is CC1(C)CC(NC(=O)c2cnn3ncccc23)C(C)(C)O1. The number of hydrogen-bond donors (Lipinski definition) is 1. The van der Waals surface area contributed by atoms with E-state index in [1.165, 1.54) is 4.63 Å². The van der Waals surface area contributed by atoms with Crippen LogP contribution in [0.5, 0.6) is 0 Å². The molecule has 6 nitrogen and oxygen atoms in total. The van der Waals surface area contributed by atoms with Gasteiger partial charge in [0.2, 0.25) is 0 Å². The lowest BCUT2D eigenvalue weighted by atomic mass is 9.94. The summed E-state index contributed by atoms with van der Waals surface area (Å²) >= 11 is 0. The predicted octanol–water partition coefficient (Wildman–Crippen LogP) is 1.81. The zero-order valence-electron chi connectivity index (χ0n) is 12.8. The van der Waals surface area contributed by atoms with Crippen molar-refractivity contribution in [1.82, 2.24) is 20.1 Å². The number of amides is 1. The molecule has 1 N–H and O–H groups in total. The minimum Gasteiger partial charge on any atom is -0.367 e. The van der Waals surface area contributed by atoms with Gasteiger partial charge in [0.1, 0.15) is 5.52 Å². The van der Waals surface area contributed by atoms with E-state index in [1.807, 2.05) is 33.8 Å². The number of rotatable bonds is 2. The summed E-state index contributed by atoms with van der Waals surface area (Å²) in [5.41, 5.74) is 0.611. The van der Waals surface area contributed by atoms with Gasteiger partial charge in [-0.15, -0.1) is 0 Å². The zero-order chi connectivity index (χ0) is 15.3. The first kappa shape index (κ1) is 14.0. The summed E-state index contributed by atoms with van der Waals surface area (Å²) in [5, 5.41) is 11.2. The van der Waals surface area contributed by atoms with Crippen molar-refractivity contribution >= 4 is 11.4 Å². The molecule has 1 aliphatic rings. The van der Waals surface area contributed by atoms with Gasteiger partial charge in [-0.25, -0.2) is 0 Å². The van der Waals surface area contributed by atoms with Gasteiger partial charge in [-0.3, -0.25) is 4.79 Å². The van der Waals surface area contributed by atoms with Crippen molar-refractivity contribution in [2.24, 2.45) is 0 Å². The Hall–Kier alpha value is -1.95. The van der Waals surface area contributed by atoms with Crippen molar-refractivity contribution in [3.05, 3.63) is 30.1 Å². The van der Waals surface area contributed by atoms with Crippen LogP contribution in [-0.4, -0.2) is 38.0 Å². The Morgan fingerprint density at radius 3 is 2.81 bits per heavy atom. The van der Waals surface area contributed by atoms with Crippen LogP contribution < -0.4 is 5.32 Å². The van der Waals surface area contributed by atoms with E-state index in [9.17, 15) is 4.79 Å². The van der Waals surface area contributed by atoms with Crippen molar-refractivity contribution in [3.63, 3.8) is 0 Å². The van der Waals surface area contributed by atoms with Crippen LogP contribution >= 0.6 is 0 Å². The van der Waals surface area contributed by atoms with Crippen LogP contribution in [-0.2, 0) is 4.74 Å². The molecule has 0 spiro atoms. The molecule has 1 fully saturated rings. The van der Waals surface area contributed by atoms with E-state index >= 15 is 0 Å². The Bertz CT molecular complexity index is 690. The standard InChI is InChI=1S/C15H20N4O2/c1-14(2)8-12(15(3,4)21-14)18-13(20)10-9-17-19-11(10)6-5-7-16-19/h5-7,9,12H,8H2,1-4H3,(H,18,20). The number of nitrogens with zero attached hydrogens (tertiary/aromatic N) is 3. The smallest absolute Gasteiger partial charge is 0.255 e. The molecule has 1 unspecified atom stereocenters. The van der Waals surface area contributed by atoms with Gasteiger partial charge >= 0.3 is 0 Å². The second-order valence-electron chi connectivity index (χ2n) is 6.65. The lowest BCUT2D eigenvalue weighted by Gasteiger charge is -2.27. The van der Waals surface area contributed by atoms with E-state index in [0.29, 0.717) is 11.1 Å². The van der Waals surface area contributed by atoms with E-state index in [4.69, 9.17) is 4.74 Å². The summed E-state index contributed by atoms with van der Waals surface area (Å²) in [6.45, 7) is 8.09. The highest BCUT2D eigenvalue weighted by Gasteiger charge is 2.46. The molecule has 0 radical (unpaired) electrons. The first-order chi connectivity index (χ1) is 9.78. The molecule has 2 aromatic heterocycles. The maximum absolute atomic E-state index is 12.5. The second kappa shape index (κ2) is 4.53. The molecule has 1 amide bonds. The van der Waals surface area contributed by atoms with E-state index < -0.39 is 0 Å². The highest BCUT2D eigenvalue weighted by molar-refractivity contribution is 6.00. The highest BCUT2D eigenvalue weighted by Crippen LogP contribution is 2.37. The van der Waals surface area contributed by atoms with Crippen molar-refractivity contribution in [1.29, 1.82) is 0 Å². The number of fused-ring (bicyclic) bond motifs is 1. The van der Waals surface area contributed by atoms with Crippen LogP contribution in [0, 0.1) is 0 Å². The first-order valence-corrected chi connectivity index (χ1v) is 7.09. The summed E-state index contributed by atoms with van der Waals surface area (Å²) in [6, 6.07) is 3.58. The molecule has 3 heterocycles. The van der Waals surface area contributed by atoms with Crippen molar-refractivity contribution in [3.8, 4) is 0 Å². The van der Waals surface area contributed by atoms with Gasteiger partial charge in [0, 0.05) is 6.20 Å². The molecule has 1 saturated heterocycles. The molecule has 3 rings (SSSR count). The number of ether oxygens (including phenoxy) is 1. The van der Waals surface area contributed by atoms with Crippen LogP contribution in [0.3, 0.4) is 0 Å². The Morgan fingerprint density at radius 1 is 1.38 bits per heavy atom. The van der Waals surface area contributed by atoms with E-state index in [-0.39, 0.29) is 23.2 Å². The lowest BCUT2D eigenvalue weighted by molar-refractivity contribution is -0.0693. The summed E-state index contributed by atoms with van der Waals surface area (Å²) in [7, 11) is 0. The number of carbonyl (C=O) groups excluding carboxylic acids is 1. The number of aromatic nitrogens is 3. The van der Waals surface area contributed by atoms with Crippen LogP contribution in [0.1, 0.15) is 44.5 Å². The Balaban J connectivity index is 1.84. The lowest BCUT2D eigenvalue weighted by Crippen LogP contribution is -2.46. The van der Waals surface area contributed by atoms with Crippen LogP contribution in [0.2, 0.25) is 0 Å². The van der Waals surface area contributed by atoms with Gasteiger partial charge < -0.3 is 10.1 Å². The minimum atomic E-state index is -0.389. The van der Waals surface area contributed by atoms with Gasteiger partial charge in [0.05, 0.1) is 29.0 Å². The third-order valence-corrected chi connectivity index (χ3v) is 3.93. The van der Waals surface area contributed by atoms with Gasteiger partial charge in [0.15, 0.2) is 0 Å². The molecule has 0 aliphatic carbocycles. The fourth-order valence-corrected chi connectivity index (χ4v) is 3.03. The average molecular weight is 288 g/mol. The number of hydrogen-bond acceptors (Lipinski definition) is 4. The molecular formula is C15H20N4O2. The minimum absolute atomic E-state index is 0.0355. The molecule has 1 atom stereocenters. The molecule has 0 saturated carbocycles. The third kappa shape index (κ3) is 2.51. The summed E-state index contributed by atoms with van der Waals surface area (Å²) in [4.78, 5) is 12.5. The molecule has 6 heteroatoms. The first-order valence-electron chi connectivity index (χ1n) is 7.09. The summed E-state index contributed by atoms with van der Waals surface area (Å²) in [5.74, 6) is -0.141. The van der Waals surface area contributed by atoms with Crippen LogP contribution in [0.4, 0.5) is 0 Å². The van der Waals surface area contributed by atoms with Gasteiger partial charge in [-0.1, -0.05) is 0 Å². The molecular weight excluding hydrogens is 268 g/mol. The Morgan fingerprint density at radius 2 is 2.14 bits per heavy atom. The maximum atomic E-state index is 12.5. The highest BCUT2D eigenvalue weighted by atomic mass is 16.5. The molecule has 0 aromatic carbocycles. The summed E-state index contributed by atoms with van der Waals surface area (Å²) in [6.07, 6.45) is 3.97. The topological polar surface area (TPSA) is 68.5 Å². The van der Waals surface area contributed by atoms with E-state index in [0.717, 1.165) is 6.42 Å². The van der Waals surface area contributed by atoms with Crippen LogP contribution in [0.15, 0.2) is 24.5 Å². The average Bonchev–Trinajstić information content (AvgIpc) is 2.87. The third-order valence-electron chi connectivity index (χ3n) is 3.93. The van der Waals surface area contributed by atoms with Crippen LogP contribution in [0.25, 0.3) is 5.52 Å². The summed E-state index contributed by atoms with van der Waals surface area (Å²) < 4.78 is 7.46. The number of nitrogens with one attached hydrogen (secondary N) is 1. The fraction of sp³-hybridized carbons (Fsp3) is 0.533. The maximum Gasteiger partial charge on any atom is 0.255 e. The van der Waals surface area contributed by atoms with E-state index in [2.05, 4.69) is 15.5 Å². The predicted molar refractivity (Wildman–Crippen MR) is 78.1 cm³/mol. The quantitative estimate of drug-likeness (QED) is 0.915. The Kier molecular flexibility index (Phi) is 3.02. The zero-order valence-corrected chi connectivity index (χ0v) is 12.8. The normalized spacial score (nSPS) is 23.3. The van der Waals surface area contributed by atoms with E-state index in [1.54, 1.807) is 18.5 Å². The molecule has 2 aromatic rings. The molecule has 0 bridgehead atoms. The monoisotopic (exact) mass is 288 g/mol. The number of carbonyl (C=O) groups is 1. The fourth-order valence-electron chi connectivity index (χ4n) is 3.03. The van der Waals surface area contributed by atoms with Crippen molar-refractivity contribution in [2.75, 3.05) is 0 Å².